The fraction of sp³-hybridized carbons (Fsp3) is 0.455. The first kappa shape index (κ1) is 13.6. The van der Waals surface area contributed by atoms with Crippen LogP contribution in [-0.4, -0.2) is 25.7 Å². The van der Waals surface area contributed by atoms with Gasteiger partial charge in [-0.1, -0.05) is 11.6 Å². The molecule has 0 atom stereocenters. The molecule has 1 fully saturated rings. The third-order valence-electron chi connectivity index (χ3n) is 3.09. The number of anilines is 1. The number of nitrogens with one attached hydrogen (secondary N) is 1. The first-order valence-electron chi connectivity index (χ1n) is 5.55. The molecule has 1 aliphatic carbocycles. The first-order chi connectivity index (χ1) is 8.29. The molecule has 1 aromatic carbocycles. The Bertz CT molecular complexity index is 568. The molecule has 1 saturated carbocycles. The molecule has 1 aliphatic rings. The summed E-state index contributed by atoms with van der Waals surface area (Å²) >= 11 is 5.82. The molecule has 0 aromatic heterocycles. The van der Waals surface area contributed by atoms with Crippen molar-refractivity contribution in [1.82, 2.24) is 4.72 Å². The number of aliphatic hydroxyl groups is 1. The maximum absolute atomic E-state index is 12.2. The van der Waals surface area contributed by atoms with E-state index < -0.39 is 16.1 Å². The van der Waals surface area contributed by atoms with Gasteiger partial charge in [-0.3, -0.25) is 0 Å². The van der Waals surface area contributed by atoms with Crippen molar-refractivity contribution >= 4 is 27.3 Å². The van der Waals surface area contributed by atoms with Crippen LogP contribution in [0.25, 0.3) is 0 Å². The van der Waals surface area contributed by atoms with Gasteiger partial charge in [-0.15, -0.1) is 0 Å². The number of nitrogens with two attached hydrogens (primary N) is 1. The van der Waals surface area contributed by atoms with Crippen molar-refractivity contribution in [3.63, 3.8) is 0 Å². The summed E-state index contributed by atoms with van der Waals surface area (Å²) in [5, 5.41) is 9.44. The molecule has 1 aromatic rings. The van der Waals surface area contributed by atoms with E-state index in [9.17, 15) is 8.42 Å². The summed E-state index contributed by atoms with van der Waals surface area (Å²) in [4.78, 5) is 0.0916. The lowest BCUT2D eigenvalue weighted by Crippen LogP contribution is -2.46. The Hall–Kier alpha value is -0.820. The van der Waals surface area contributed by atoms with Gasteiger partial charge in [0.15, 0.2) is 0 Å². The van der Waals surface area contributed by atoms with Crippen molar-refractivity contribution < 1.29 is 13.5 Å². The fourth-order valence-corrected chi connectivity index (χ4v) is 3.77. The second kappa shape index (κ2) is 4.70. The van der Waals surface area contributed by atoms with E-state index in [1.807, 2.05) is 0 Å². The van der Waals surface area contributed by atoms with Gasteiger partial charge in [-0.05, 0) is 37.5 Å². The van der Waals surface area contributed by atoms with E-state index in [4.69, 9.17) is 22.4 Å². The second-order valence-electron chi connectivity index (χ2n) is 4.56. The highest BCUT2D eigenvalue weighted by Crippen LogP contribution is 2.28. The van der Waals surface area contributed by atoms with E-state index in [2.05, 4.69) is 4.72 Å². The van der Waals surface area contributed by atoms with Gasteiger partial charge in [0.1, 0.15) is 0 Å². The summed E-state index contributed by atoms with van der Waals surface area (Å²) in [6, 6.07) is 2.68. The van der Waals surface area contributed by atoms with E-state index in [0.29, 0.717) is 24.1 Å². The van der Waals surface area contributed by atoms with Crippen LogP contribution < -0.4 is 10.5 Å². The third-order valence-corrected chi connectivity index (χ3v) is 4.95. The maximum Gasteiger partial charge on any atom is 0.241 e. The molecule has 2 rings (SSSR count). The summed E-state index contributed by atoms with van der Waals surface area (Å²) in [6.07, 6.45) is 0.464. The van der Waals surface area contributed by atoms with Gasteiger partial charge in [0.2, 0.25) is 10.0 Å². The number of benzene rings is 1. The topological polar surface area (TPSA) is 92.4 Å². The van der Waals surface area contributed by atoms with E-state index in [1.54, 1.807) is 6.92 Å². The van der Waals surface area contributed by atoms with Crippen LogP contribution in [0.2, 0.25) is 5.02 Å². The van der Waals surface area contributed by atoms with Gasteiger partial charge in [0, 0.05) is 16.8 Å². The summed E-state index contributed by atoms with van der Waals surface area (Å²) < 4.78 is 26.9. The van der Waals surface area contributed by atoms with E-state index in [-0.39, 0.29) is 16.0 Å². The molecular weight excluding hydrogens is 276 g/mol. The Kier molecular flexibility index (Phi) is 3.55. The van der Waals surface area contributed by atoms with Crippen LogP contribution in [0, 0.1) is 6.92 Å². The summed E-state index contributed by atoms with van der Waals surface area (Å²) in [6.45, 7) is 1.63. The Morgan fingerprint density at radius 2 is 2.06 bits per heavy atom. The average molecular weight is 291 g/mol. The molecule has 7 heteroatoms. The van der Waals surface area contributed by atoms with E-state index >= 15 is 0 Å². The smallest absolute Gasteiger partial charge is 0.241 e. The summed E-state index contributed by atoms with van der Waals surface area (Å²) in [5.41, 5.74) is 6.52. The first-order valence-corrected chi connectivity index (χ1v) is 7.41. The zero-order chi connectivity index (χ0) is 13.5. The minimum atomic E-state index is -3.65. The second-order valence-corrected chi connectivity index (χ2v) is 6.68. The van der Waals surface area contributed by atoms with Gasteiger partial charge in [-0.25, -0.2) is 13.1 Å². The highest BCUT2D eigenvalue weighted by molar-refractivity contribution is 7.89. The maximum atomic E-state index is 12.2. The molecule has 100 valence electrons. The Balaban J connectivity index is 2.29. The Labute approximate surface area is 111 Å². The molecule has 5 nitrogen and oxygen atoms in total. The molecule has 4 N–H and O–H groups in total. The molecule has 0 spiro atoms. The van der Waals surface area contributed by atoms with Crippen LogP contribution in [0.3, 0.4) is 0 Å². The van der Waals surface area contributed by atoms with Crippen LogP contribution in [-0.2, 0) is 10.0 Å². The number of nitrogen functional groups attached to an aromatic ring is 1. The number of hydrogen-bond acceptors (Lipinski definition) is 4. The van der Waals surface area contributed by atoms with Crippen LogP contribution >= 0.6 is 11.6 Å². The van der Waals surface area contributed by atoms with Gasteiger partial charge >= 0.3 is 0 Å². The number of aliphatic hydroxyl groups excluding tert-OH is 1. The Morgan fingerprint density at radius 3 is 2.61 bits per heavy atom. The lowest BCUT2D eigenvalue weighted by Gasteiger charge is -2.31. The van der Waals surface area contributed by atoms with Crippen molar-refractivity contribution in [2.24, 2.45) is 0 Å². The van der Waals surface area contributed by atoms with Gasteiger partial charge < -0.3 is 10.8 Å². The minimum absolute atomic E-state index is 0.0916. The zero-order valence-corrected chi connectivity index (χ0v) is 11.4. The third kappa shape index (κ3) is 2.61. The number of hydrogen-bond donors (Lipinski definition) is 3. The highest BCUT2D eigenvalue weighted by atomic mass is 35.5. The molecule has 18 heavy (non-hydrogen) atoms. The standard InChI is InChI=1S/C11H15ClN2O3S/c1-6-10(13)2-7(12)3-11(6)18(16,17)14-8-4-9(15)5-8/h2-3,8-9,14-15H,4-5,13H2,1H3. The Morgan fingerprint density at radius 1 is 1.44 bits per heavy atom. The SMILES string of the molecule is Cc1c(N)cc(Cl)cc1S(=O)(=O)NC1CC(O)C1. The zero-order valence-electron chi connectivity index (χ0n) is 9.85. The summed E-state index contributed by atoms with van der Waals surface area (Å²) in [7, 11) is -3.65. The van der Waals surface area contributed by atoms with Crippen LogP contribution in [0.5, 0.6) is 0 Å². The van der Waals surface area contributed by atoms with Crippen LogP contribution in [0.4, 0.5) is 5.69 Å². The van der Waals surface area contributed by atoms with Crippen molar-refractivity contribution in [3.8, 4) is 0 Å². The van der Waals surface area contributed by atoms with Crippen molar-refractivity contribution in [2.45, 2.75) is 36.8 Å². The number of halogens is 1. The lowest BCUT2D eigenvalue weighted by atomic mass is 9.91. The van der Waals surface area contributed by atoms with E-state index in [0.717, 1.165) is 0 Å². The molecule has 0 unspecified atom stereocenters. The van der Waals surface area contributed by atoms with Crippen molar-refractivity contribution in [3.05, 3.63) is 22.7 Å². The predicted molar refractivity (Wildman–Crippen MR) is 70.0 cm³/mol. The van der Waals surface area contributed by atoms with Crippen molar-refractivity contribution in [2.75, 3.05) is 5.73 Å². The normalized spacial score (nSPS) is 23.7. The number of rotatable bonds is 3. The molecule has 0 heterocycles. The minimum Gasteiger partial charge on any atom is -0.398 e. The summed E-state index contributed by atoms with van der Waals surface area (Å²) in [5.74, 6) is 0. The molecule has 0 bridgehead atoms. The molecular formula is C11H15ClN2O3S. The fourth-order valence-electron chi connectivity index (χ4n) is 1.92. The van der Waals surface area contributed by atoms with Crippen LogP contribution in [0.1, 0.15) is 18.4 Å². The number of sulfonamides is 1. The average Bonchev–Trinajstić information content (AvgIpc) is 2.20. The monoisotopic (exact) mass is 290 g/mol. The molecule has 0 amide bonds. The lowest BCUT2D eigenvalue weighted by molar-refractivity contribution is 0.0712. The van der Waals surface area contributed by atoms with E-state index in [1.165, 1.54) is 12.1 Å². The quantitative estimate of drug-likeness (QED) is 0.725. The molecule has 0 aliphatic heterocycles. The predicted octanol–water partition coefficient (Wildman–Crippen LogP) is 1.03. The van der Waals surface area contributed by atoms with Gasteiger partial charge in [0.05, 0.1) is 11.0 Å². The molecule has 0 radical (unpaired) electrons. The van der Waals surface area contributed by atoms with Gasteiger partial charge in [-0.2, -0.15) is 0 Å². The van der Waals surface area contributed by atoms with Crippen LogP contribution in [0.15, 0.2) is 17.0 Å². The largest absolute Gasteiger partial charge is 0.398 e. The van der Waals surface area contributed by atoms with Gasteiger partial charge in [0.25, 0.3) is 0 Å². The van der Waals surface area contributed by atoms with Crippen molar-refractivity contribution in [1.29, 1.82) is 0 Å². The molecule has 0 saturated heterocycles. The highest BCUT2D eigenvalue weighted by Gasteiger charge is 2.32.